The molecule has 0 aliphatic carbocycles. The van der Waals surface area contributed by atoms with Crippen molar-refractivity contribution in [2.75, 3.05) is 17.2 Å². The maximum atomic E-state index is 13.1. The van der Waals surface area contributed by atoms with Crippen LogP contribution >= 0.6 is 23.8 Å². The Balaban J connectivity index is 1.90. The molecule has 25 heavy (non-hydrogen) atoms. The van der Waals surface area contributed by atoms with Crippen LogP contribution < -0.4 is 10.6 Å². The molecule has 0 atom stereocenters. The highest BCUT2D eigenvalue weighted by Crippen LogP contribution is 2.19. The summed E-state index contributed by atoms with van der Waals surface area (Å²) in [5.41, 5.74) is 1.75. The van der Waals surface area contributed by atoms with E-state index < -0.39 is 5.82 Å². The van der Waals surface area contributed by atoms with Crippen molar-refractivity contribution in [3.8, 4) is 0 Å². The molecule has 4 nitrogen and oxygen atoms in total. The van der Waals surface area contributed by atoms with E-state index in [0.717, 1.165) is 12.8 Å². The highest BCUT2D eigenvalue weighted by molar-refractivity contribution is 7.80. The van der Waals surface area contributed by atoms with Gasteiger partial charge in [-0.05, 0) is 61.1 Å². The summed E-state index contributed by atoms with van der Waals surface area (Å²) in [4.78, 5) is 11.8. The van der Waals surface area contributed by atoms with Crippen LogP contribution in [0.15, 0.2) is 42.5 Å². The van der Waals surface area contributed by atoms with E-state index in [0.29, 0.717) is 28.7 Å². The van der Waals surface area contributed by atoms with Crippen molar-refractivity contribution in [1.29, 1.82) is 0 Å². The molecule has 0 saturated carbocycles. The van der Waals surface area contributed by atoms with Gasteiger partial charge in [-0.3, -0.25) is 0 Å². The highest BCUT2D eigenvalue weighted by atomic mass is 35.5. The fraction of sp³-hybridized carbons (Fsp3) is 0.222. The summed E-state index contributed by atoms with van der Waals surface area (Å²) in [6.45, 7) is 2.45. The third kappa shape index (κ3) is 5.99. The minimum Gasteiger partial charge on any atom is -0.462 e. The Hall–Kier alpha value is -2.18. The van der Waals surface area contributed by atoms with Crippen LogP contribution in [0.3, 0.4) is 0 Å². The molecule has 0 bridgehead atoms. The van der Waals surface area contributed by atoms with Crippen LogP contribution in [-0.4, -0.2) is 17.7 Å². The zero-order chi connectivity index (χ0) is 18.2. The van der Waals surface area contributed by atoms with Crippen molar-refractivity contribution in [2.24, 2.45) is 0 Å². The predicted octanol–water partition coefficient (Wildman–Crippen LogP) is 5.24. The molecule has 0 radical (unpaired) electrons. The van der Waals surface area contributed by atoms with Gasteiger partial charge < -0.3 is 15.4 Å². The van der Waals surface area contributed by atoms with E-state index in [1.165, 1.54) is 18.2 Å². The van der Waals surface area contributed by atoms with Gasteiger partial charge in [0.15, 0.2) is 5.11 Å². The second-order valence-corrected chi connectivity index (χ2v) is 6.09. The number of unbranched alkanes of at least 4 members (excludes halogenated alkanes) is 1. The van der Waals surface area contributed by atoms with Crippen LogP contribution in [0, 0.1) is 5.82 Å². The molecule has 2 aromatic rings. The van der Waals surface area contributed by atoms with Crippen molar-refractivity contribution in [3.63, 3.8) is 0 Å². The van der Waals surface area contributed by atoms with Crippen LogP contribution in [-0.2, 0) is 4.74 Å². The third-order valence-electron chi connectivity index (χ3n) is 3.29. The monoisotopic (exact) mass is 380 g/mol. The summed E-state index contributed by atoms with van der Waals surface area (Å²) in [7, 11) is 0. The van der Waals surface area contributed by atoms with Crippen molar-refractivity contribution in [1.82, 2.24) is 0 Å². The van der Waals surface area contributed by atoms with Gasteiger partial charge in [0.1, 0.15) is 5.82 Å². The smallest absolute Gasteiger partial charge is 0.338 e. The fourth-order valence-corrected chi connectivity index (χ4v) is 2.37. The Bertz CT molecular complexity index is 753. The van der Waals surface area contributed by atoms with Crippen molar-refractivity contribution in [2.45, 2.75) is 19.8 Å². The standard InChI is InChI=1S/C18H18ClFN2O2S/c1-2-3-10-24-17(23)12-4-6-13(7-5-12)21-18(25)22-14-8-9-16(20)15(19)11-14/h4-9,11H,2-3,10H2,1H3,(H2,21,22,25). The molecule has 0 unspecified atom stereocenters. The number of thiocarbonyl (C=S) groups is 1. The second-order valence-electron chi connectivity index (χ2n) is 5.27. The van der Waals surface area contributed by atoms with E-state index in [4.69, 9.17) is 28.6 Å². The Labute approximate surface area is 156 Å². The number of nitrogens with one attached hydrogen (secondary N) is 2. The molecule has 0 aliphatic heterocycles. The van der Waals surface area contributed by atoms with Gasteiger partial charge in [0.2, 0.25) is 0 Å². The molecular weight excluding hydrogens is 363 g/mol. The SMILES string of the molecule is CCCCOC(=O)c1ccc(NC(=S)Nc2ccc(F)c(Cl)c2)cc1. The maximum Gasteiger partial charge on any atom is 0.338 e. The topological polar surface area (TPSA) is 50.4 Å². The highest BCUT2D eigenvalue weighted by Gasteiger charge is 2.07. The predicted molar refractivity (Wildman–Crippen MR) is 103 cm³/mol. The first kappa shape index (κ1) is 19.1. The van der Waals surface area contributed by atoms with E-state index >= 15 is 0 Å². The van der Waals surface area contributed by atoms with E-state index in [-0.39, 0.29) is 11.0 Å². The molecule has 132 valence electrons. The largest absolute Gasteiger partial charge is 0.462 e. The van der Waals surface area contributed by atoms with Crippen LogP contribution in [0.25, 0.3) is 0 Å². The first-order chi connectivity index (χ1) is 12.0. The molecule has 2 aromatic carbocycles. The van der Waals surface area contributed by atoms with Crippen LogP contribution in [0.1, 0.15) is 30.1 Å². The zero-order valence-corrected chi connectivity index (χ0v) is 15.2. The minimum absolute atomic E-state index is 0.0127. The molecule has 2 rings (SSSR count). The molecule has 0 aliphatic rings. The maximum absolute atomic E-state index is 13.1. The molecular formula is C18H18ClFN2O2S. The number of hydrogen-bond donors (Lipinski definition) is 2. The number of rotatable bonds is 6. The van der Waals surface area contributed by atoms with Gasteiger partial charge in [-0.25, -0.2) is 9.18 Å². The molecule has 0 heterocycles. The normalized spacial score (nSPS) is 10.2. The second kappa shape index (κ2) is 9.34. The Morgan fingerprint density at radius 3 is 2.44 bits per heavy atom. The number of anilines is 2. The van der Waals surface area contributed by atoms with Gasteiger partial charge >= 0.3 is 5.97 Å². The number of ether oxygens (including phenoxy) is 1. The summed E-state index contributed by atoms with van der Waals surface area (Å²) < 4.78 is 18.3. The van der Waals surface area contributed by atoms with Gasteiger partial charge in [-0.15, -0.1) is 0 Å². The van der Waals surface area contributed by atoms with Crippen molar-refractivity contribution >= 4 is 46.3 Å². The van der Waals surface area contributed by atoms with Crippen molar-refractivity contribution < 1.29 is 13.9 Å². The van der Waals surface area contributed by atoms with E-state index in [9.17, 15) is 9.18 Å². The quantitative estimate of drug-likeness (QED) is 0.407. The number of carbonyl (C=O) groups is 1. The molecule has 0 aromatic heterocycles. The number of benzene rings is 2. The van der Waals surface area contributed by atoms with Gasteiger partial charge in [-0.1, -0.05) is 24.9 Å². The first-order valence-electron chi connectivity index (χ1n) is 7.80. The third-order valence-corrected chi connectivity index (χ3v) is 3.78. The fourth-order valence-electron chi connectivity index (χ4n) is 1.95. The lowest BCUT2D eigenvalue weighted by Gasteiger charge is -2.11. The van der Waals surface area contributed by atoms with Gasteiger partial charge in [0.25, 0.3) is 0 Å². The Morgan fingerprint density at radius 2 is 1.80 bits per heavy atom. The molecule has 0 saturated heterocycles. The van der Waals surface area contributed by atoms with Crippen LogP contribution in [0.5, 0.6) is 0 Å². The summed E-state index contributed by atoms with van der Waals surface area (Å²) in [6, 6.07) is 11.0. The van der Waals surface area contributed by atoms with Gasteiger partial charge in [0.05, 0.1) is 17.2 Å². The van der Waals surface area contributed by atoms with E-state index in [2.05, 4.69) is 10.6 Å². The summed E-state index contributed by atoms with van der Waals surface area (Å²) in [5, 5.41) is 6.22. The molecule has 0 fully saturated rings. The number of carbonyl (C=O) groups excluding carboxylic acids is 1. The Kier molecular flexibility index (Phi) is 7.16. The lowest BCUT2D eigenvalue weighted by Crippen LogP contribution is -2.19. The van der Waals surface area contributed by atoms with Crippen LogP contribution in [0.2, 0.25) is 5.02 Å². The Morgan fingerprint density at radius 1 is 1.16 bits per heavy atom. The summed E-state index contributed by atoms with van der Waals surface area (Å²) in [5.74, 6) is -0.839. The first-order valence-corrected chi connectivity index (χ1v) is 8.58. The summed E-state index contributed by atoms with van der Waals surface area (Å²) in [6.07, 6.45) is 1.82. The van der Waals surface area contributed by atoms with E-state index in [1.807, 2.05) is 6.92 Å². The number of esters is 1. The molecule has 7 heteroatoms. The zero-order valence-electron chi connectivity index (χ0n) is 13.6. The van der Waals surface area contributed by atoms with Gasteiger partial charge in [0, 0.05) is 11.4 Å². The average molecular weight is 381 g/mol. The van der Waals surface area contributed by atoms with Crippen molar-refractivity contribution in [3.05, 3.63) is 58.9 Å². The van der Waals surface area contributed by atoms with Gasteiger partial charge in [-0.2, -0.15) is 0 Å². The molecule has 0 amide bonds. The minimum atomic E-state index is -0.493. The van der Waals surface area contributed by atoms with E-state index in [1.54, 1.807) is 24.3 Å². The molecule has 0 spiro atoms. The molecule has 2 N–H and O–H groups in total. The average Bonchev–Trinajstić information content (AvgIpc) is 2.59. The lowest BCUT2D eigenvalue weighted by atomic mass is 10.2. The number of halogens is 2. The number of hydrogen-bond acceptors (Lipinski definition) is 3. The summed E-state index contributed by atoms with van der Waals surface area (Å²) >= 11 is 10.9. The van der Waals surface area contributed by atoms with Crippen LogP contribution in [0.4, 0.5) is 15.8 Å². The lowest BCUT2D eigenvalue weighted by molar-refractivity contribution is 0.0500.